The Kier molecular flexibility index (Phi) is 4.76. The largest absolute Gasteiger partial charge is 0.392 e. The number of benzene rings is 1. The van der Waals surface area contributed by atoms with Gasteiger partial charge in [0.2, 0.25) is 0 Å². The Morgan fingerprint density at radius 2 is 2.05 bits per heavy atom. The molecule has 1 atom stereocenters. The van der Waals surface area contributed by atoms with Crippen LogP contribution in [0, 0.1) is 0 Å². The van der Waals surface area contributed by atoms with Crippen molar-refractivity contribution in [2.24, 2.45) is 0 Å². The molecule has 4 nitrogen and oxygen atoms in total. The van der Waals surface area contributed by atoms with Crippen molar-refractivity contribution in [1.29, 1.82) is 0 Å². The molecule has 5 heteroatoms. The van der Waals surface area contributed by atoms with E-state index in [0.29, 0.717) is 31.2 Å². The minimum absolute atomic E-state index is 0.0618. The fraction of sp³-hybridized carbons (Fsp3) is 0.588. The smallest absolute Gasteiger partial charge is 0.255 e. The fourth-order valence-corrected chi connectivity index (χ4v) is 4.72. The van der Waals surface area contributed by atoms with Crippen LogP contribution in [0.4, 0.5) is 0 Å². The minimum atomic E-state index is -1.14. The number of aliphatic hydroxyl groups excluding tert-OH is 1. The SMILES string of the molecule is O=C(N1CCC(c2ccccc2CO)CC1)C1(O)CCSC1. The number of amides is 1. The Bertz CT molecular complexity index is 534. The zero-order chi connectivity index (χ0) is 15.6. The fourth-order valence-electron chi connectivity index (χ4n) is 3.49. The average Bonchev–Trinajstić information content (AvgIpc) is 3.02. The van der Waals surface area contributed by atoms with Crippen LogP contribution < -0.4 is 0 Å². The van der Waals surface area contributed by atoms with E-state index in [-0.39, 0.29) is 12.5 Å². The van der Waals surface area contributed by atoms with Gasteiger partial charge in [-0.15, -0.1) is 0 Å². The molecule has 1 amide bonds. The van der Waals surface area contributed by atoms with Gasteiger partial charge in [-0.3, -0.25) is 4.79 Å². The highest BCUT2D eigenvalue weighted by Gasteiger charge is 2.42. The third-order valence-corrected chi connectivity index (χ3v) is 6.02. The van der Waals surface area contributed by atoms with E-state index < -0.39 is 5.60 Å². The first-order chi connectivity index (χ1) is 10.6. The van der Waals surface area contributed by atoms with Gasteiger partial charge in [0.05, 0.1) is 6.61 Å². The third-order valence-electron chi connectivity index (χ3n) is 4.85. The highest BCUT2D eigenvalue weighted by Crippen LogP contribution is 2.34. The van der Waals surface area contributed by atoms with E-state index in [1.54, 1.807) is 11.8 Å². The van der Waals surface area contributed by atoms with E-state index in [1.807, 2.05) is 23.1 Å². The number of piperidine rings is 1. The molecule has 2 aliphatic rings. The molecule has 2 N–H and O–H groups in total. The van der Waals surface area contributed by atoms with E-state index in [2.05, 4.69) is 6.07 Å². The summed E-state index contributed by atoms with van der Waals surface area (Å²) in [6, 6.07) is 7.99. The Morgan fingerprint density at radius 3 is 2.68 bits per heavy atom. The first-order valence-corrected chi connectivity index (χ1v) is 9.08. The number of nitrogens with zero attached hydrogens (tertiary/aromatic N) is 1. The normalized spacial score (nSPS) is 26.4. The van der Waals surface area contributed by atoms with Gasteiger partial charge in [-0.25, -0.2) is 0 Å². The maximum Gasteiger partial charge on any atom is 0.255 e. The Labute approximate surface area is 135 Å². The summed E-state index contributed by atoms with van der Waals surface area (Å²) in [5, 5.41) is 19.9. The Balaban J connectivity index is 1.64. The van der Waals surface area contributed by atoms with Crippen LogP contribution in [0.3, 0.4) is 0 Å². The summed E-state index contributed by atoms with van der Waals surface area (Å²) in [4.78, 5) is 14.3. The van der Waals surface area contributed by atoms with Gasteiger partial charge in [0.25, 0.3) is 5.91 Å². The summed E-state index contributed by atoms with van der Waals surface area (Å²) in [5.74, 6) is 1.69. The molecule has 22 heavy (non-hydrogen) atoms. The standard InChI is InChI=1S/C17H23NO3S/c19-11-14-3-1-2-4-15(14)13-5-8-18(9-6-13)16(20)17(21)7-10-22-12-17/h1-4,13,19,21H,5-12H2. The van der Waals surface area contributed by atoms with Crippen molar-refractivity contribution in [3.63, 3.8) is 0 Å². The molecular formula is C17H23NO3S. The van der Waals surface area contributed by atoms with Crippen LogP contribution in [0.1, 0.15) is 36.3 Å². The van der Waals surface area contributed by atoms with Crippen LogP contribution >= 0.6 is 11.8 Å². The third kappa shape index (κ3) is 3.03. The van der Waals surface area contributed by atoms with Crippen molar-refractivity contribution < 1.29 is 15.0 Å². The number of likely N-dealkylation sites (tertiary alicyclic amines) is 1. The van der Waals surface area contributed by atoms with E-state index in [1.165, 1.54) is 5.56 Å². The lowest BCUT2D eigenvalue weighted by Crippen LogP contribution is -2.51. The van der Waals surface area contributed by atoms with Crippen LogP contribution in [0.5, 0.6) is 0 Å². The lowest BCUT2D eigenvalue weighted by molar-refractivity contribution is -0.149. The predicted octanol–water partition coefficient (Wildman–Crippen LogP) is 1.75. The number of thioether (sulfide) groups is 1. The van der Waals surface area contributed by atoms with Crippen LogP contribution in [0.15, 0.2) is 24.3 Å². The topological polar surface area (TPSA) is 60.8 Å². The molecule has 1 unspecified atom stereocenters. The maximum absolute atomic E-state index is 12.5. The molecule has 0 aliphatic carbocycles. The molecule has 2 aliphatic heterocycles. The first kappa shape index (κ1) is 15.8. The van der Waals surface area contributed by atoms with Gasteiger partial charge in [-0.05, 0) is 42.1 Å². The number of hydrogen-bond acceptors (Lipinski definition) is 4. The van der Waals surface area contributed by atoms with Crippen molar-refractivity contribution in [3.05, 3.63) is 35.4 Å². The highest BCUT2D eigenvalue weighted by atomic mass is 32.2. The van der Waals surface area contributed by atoms with Crippen molar-refractivity contribution in [3.8, 4) is 0 Å². The number of aliphatic hydroxyl groups is 2. The molecule has 0 saturated carbocycles. The summed E-state index contributed by atoms with van der Waals surface area (Å²) in [5.41, 5.74) is 1.05. The van der Waals surface area contributed by atoms with Gasteiger partial charge < -0.3 is 15.1 Å². The zero-order valence-electron chi connectivity index (χ0n) is 12.7. The van der Waals surface area contributed by atoms with E-state index in [0.717, 1.165) is 24.2 Å². The van der Waals surface area contributed by atoms with Crippen LogP contribution in [0.25, 0.3) is 0 Å². The predicted molar refractivity (Wildman–Crippen MR) is 87.8 cm³/mol. The number of rotatable bonds is 3. The van der Waals surface area contributed by atoms with Crippen LogP contribution in [-0.4, -0.2) is 51.2 Å². The molecule has 3 rings (SSSR count). The number of carbonyl (C=O) groups excluding carboxylic acids is 1. The first-order valence-electron chi connectivity index (χ1n) is 7.92. The quantitative estimate of drug-likeness (QED) is 0.890. The number of hydrogen-bond donors (Lipinski definition) is 2. The van der Waals surface area contributed by atoms with E-state index >= 15 is 0 Å². The number of carbonyl (C=O) groups is 1. The zero-order valence-corrected chi connectivity index (χ0v) is 13.5. The molecule has 2 fully saturated rings. The molecule has 0 bridgehead atoms. The second-order valence-electron chi connectivity index (χ2n) is 6.26. The van der Waals surface area contributed by atoms with Crippen molar-refractivity contribution in [2.75, 3.05) is 24.6 Å². The summed E-state index contributed by atoms with van der Waals surface area (Å²) in [6.07, 6.45) is 2.36. The molecule has 0 spiro atoms. The van der Waals surface area contributed by atoms with Crippen molar-refractivity contribution >= 4 is 17.7 Å². The minimum Gasteiger partial charge on any atom is -0.392 e. The molecule has 2 saturated heterocycles. The Morgan fingerprint density at radius 1 is 1.32 bits per heavy atom. The summed E-state index contributed by atoms with van der Waals surface area (Å²) < 4.78 is 0. The molecule has 1 aromatic rings. The van der Waals surface area contributed by atoms with E-state index in [9.17, 15) is 15.0 Å². The van der Waals surface area contributed by atoms with Crippen molar-refractivity contribution in [1.82, 2.24) is 4.90 Å². The van der Waals surface area contributed by atoms with Gasteiger partial charge in [-0.2, -0.15) is 11.8 Å². The lowest BCUT2D eigenvalue weighted by atomic mass is 9.86. The van der Waals surface area contributed by atoms with Crippen LogP contribution in [-0.2, 0) is 11.4 Å². The molecule has 0 radical (unpaired) electrons. The van der Waals surface area contributed by atoms with E-state index in [4.69, 9.17) is 0 Å². The van der Waals surface area contributed by atoms with Gasteiger partial charge in [0, 0.05) is 18.8 Å². The maximum atomic E-state index is 12.5. The average molecular weight is 321 g/mol. The summed E-state index contributed by atoms with van der Waals surface area (Å²) >= 11 is 1.65. The van der Waals surface area contributed by atoms with Gasteiger partial charge >= 0.3 is 0 Å². The van der Waals surface area contributed by atoms with Gasteiger partial charge in [0.1, 0.15) is 0 Å². The second kappa shape index (κ2) is 6.60. The molecule has 2 heterocycles. The molecular weight excluding hydrogens is 298 g/mol. The van der Waals surface area contributed by atoms with Crippen molar-refractivity contribution in [2.45, 2.75) is 37.4 Å². The van der Waals surface area contributed by atoms with Gasteiger partial charge in [0.15, 0.2) is 5.60 Å². The molecule has 0 aromatic heterocycles. The molecule has 1 aromatic carbocycles. The summed E-state index contributed by atoms with van der Waals surface area (Å²) in [7, 11) is 0. The molecule has 120 valence electrons. The highest BCUT2D eigenvalue weighted by molar-refractivity contribution is 7.99. The van der Waals surface area contributed by atoms with Crippen LogP contribution in [0.2, 0.25) is 0 Å². The lowest BCUT2D eigenvalue weighted by Gasteiger charge is -2.36. The second-order valence-corrected chi connectivity index (χ2v) is 7.36. The Hall–Kier alpha value is -1.04. The summed E-state index contributed by atoms with van der Waals surface area (Å²) in [6.45, 7) is 1.44. The monoisotopic (exact) mass is 321 g/mol. The van der Waals surface area contributed by atoms with Gasteiger partial charge in [-0.1, -0.05) is 24.3 Å².